The first-order valence-electron chi connectivity index (χ1n) is 8.05. The summed E-state index contributed by atoms with van der Waals surface area (Å²) in [6, 6.07) is -1.40. The largest absolute Gasteiger partial charge is 0.467 e. The number of carbonyl (C=O) groups excluding carboxylic acids is 3. The van der Waals surface area contributed by atoms with E-state index < -0.39 is 41.5 Å². The van der Waals surface area contributed by atoms with Gasteiger partial charge in [-0.15, -0.1) is 0 Å². The van der Waals surface area contributed by atoms with E-state index in [1.807, 2.05) is 0 Å². The van der Waals surface area contributed by atoms with Gasteiger partial charge in [-0.1, -0.05) is 0 Å². The Balaban J connectivity index is 3.21. The molecule has 0 saturated carbocycles. The molecule has 0 aromatic carbocycles. The van der Waals surface area contributed by atoms with Gasteiger partial charge in [0.25, 0.3) is 0 Å². The minimum absolute atomic E-state index is 0.0111. The summed E-state index contributed by atoms with van der Waals surface area (Å²) in [5.74, 6) is -0.855. The van der Waals surface area contributed by atoms with Crippen LogP contribution in [0.2, 0.25) is 0 Å². The molecule has 0 spiro atoms. The smallest absolute Gasteiger partial charge is 0.430 e. The van der Waals surface area contributed by atoms with Crippen LogP contribution in [0.15, 0.2) is 0 Å². The molecule has 0 aromatic rings. The van der Waals surface area contributed by atoms with Gasteiger partial charge in [-0.3, -0.25) is 0 Å². The fourth-order valence-corrected chi connectivity index (χ4v) is 2.23. The van der Waals surface area contributed by atoms with Crippen molar-refractivity contribution in [2.45, 2.75) is 71.3 Å². The number of ether oxygens (including phenoxy) is 3. The lowest BCUT2D eigenvalue weighted by atomic mass is 10.0. The summed E-state index contributed by atoms with van der Waals surface area (Å²) in [6.45, 7) is 9.98. The Morgan fingerprint density at radius 1 is 0.960 bits per heavy atom. The minimum atomic E-state index is -1.40. The highest BCUT2D eigenvalue weighted by Gasteiger charge is 2.48. The van der Waals surface area contributed by atoms with E-state index in [1.54, 1.807) is 41.5 Å². The van der Waals surface area contributed by atoms with E-state index in [0.29, 0.717) is 0 Å². The van der Waals surface area contributed by atoms with Crippen molar-refractivity contribution in [3.05, 3.63) is 0 Å². The second-order valence-electron chi connectivity index (χ2n) is 7.75. The average molecular weight is 360 g/mol. The van der Waals surface area contributed by atoms with E-state index in [2.05, 4.69) is 4.74 Å². The van der Waals surface area contributed by atoms with E-state index in [-0.39, 0.29) is 13.0 Å². The van der Waals surface area contributed by atoms with E-state index in [9.17, 15) is 19.5 Å². The number of esters is 1. The SMILES string of the molecule is COC(=O)C1C(O)CCN(C(=O)OC(C)(C)C)N1C(=O)OC(C)(C)C. The van der Waals surface area contributed by atoms with Crippen molar-refractivity contribution in [3.8, 4) is 0 Å². The number of aliphatic hydroxyl groups excluding tert-OH is 1. The molecule has 2 amide bonds. The van der Waals surface area contributed by atoms with Crippen molar-refractivity contribution in [2.24, 2.45) is 0 Å². The Bertz CT molecular complexity index is 522. The Labute approximate surface area is 147 Å². The average Bonchev–Trinajstić information content (AvgIpc) is 2.42. The lowest BCUT2D eigenvalue weighted by Crippen LogP contribution is -2.66. The molecule has 0 aliphatic carbocycles. The van der Waals surface area contributed by atoms with Crippen LogP contribution in [-0.4, -0.2) is 70.3 Å². The van der Waals surface area contributed by atoms with Crippen molar-refractivity contribution in [1.82, 2.24) is 10.0 Å². The van der Waals surface area contributed by atoms with Crippen LogP contribution in [0.4, 0.5) is 9.59 Å². The van der Waals surface area contributed by atoms with Crippen molar-refractivity contribution >= 4 is 18.2 Å². The van der Waals surface area contributed by atoms with Crippen LogP contribution < -0.4 is 0 Å². The van der Waals surface area contributed by atoms with Crippen molar-refractivity contribution < 1.29 is 33.7 Å². The summed E-state index contributed by atoms with van der Waals surface area (Å²) in [6.07, 6.45) is -2.89. The van der Waals surface area contributed by atoms with E-state index >= 15 is 0 Å². The fourth-order valence-electron chi connectivity index (χ4n) is 2.23. The van der Waals surface area contributed by atoms with Crippen LogP contribution in [0.3, 0.4) is 0 Å². The third kappa shape index (κ3) is 5.77. The molecule has 9 nitrogen and oxygen atoms in total. The molecule has 0 aromatic heterocycles. The summed E-state index contributed by atoms with van der Waals surface area (Å²) in [5, 5.41) is 11.9. The monoisotopic (exact) mass is 360 g/mol. The maximum absolute atomic E-state index is 12.6. The van der Waals surface area contributed by atoms with E-state index in [4.69, 9.17) is 9.47 Å². The van der Waals surface area contributed by atoms with Crippen LogP contribution in [0, 0.1) is 0 Å². The molecule has 0 bridgehead atoms. The van der Waals surface area contributed by atoms with Gasteiger partial charge in [-0.2, -0.15) is 5.01 Å². The molecule has 2 unspecified atom stereocenters. The second-order valence-corrected chi connectivity index (χ2v) is 7.75. The first-order valence-corrected chi connectivity index (χ1v) is 8.05. The van der Waals surface area contributed by atoms with Crippen molar-refractivity contribution in [2.75, 3.05) is 13.7 Å². The first kappa shape index (κ1) is 21.0. The highest BCUT2D eigenvalue weighted by atomic mass is 16.6. The molecular formula is C16H28N2O7. The zero-order valence-corrected chi connectivity index (χ0v) is 15.9. The molecule has 2 atom stereocenters. The molecule has 1 aliphatic rings. The van der Waals surface area contributed by atoms with Gasteiger partial charge in [-0.05, 0) is 48.0 Å². The number of nitrogens with zero attached hydrogens (tertiary/aromatic N) is 2. The summed E-state index contributed by atoms with van der Waals surface area (Å²) in [7, 11) is 1.13. The topological polar surface area (TPSA) is 106 Å². The maximum atomic E-state index is 12.6. The van der Waals surface area contributed by atoms with Crippen LogP contribution in [-0.2, 0) is 19.0 Å². The quantitative estimate of drug-likeness (QED) is 0.560. The minimum Gasteiger partial charge on any atom is -0.467 e. The van der Waals surface area contributed by atoms with E-state index in [1.165, 1.54) is 0 Å². The molecule has 1 rings (SSSR count). The van der Waals surface area contributed by atoms with Crippen molar-refractivity contribution in [3.63, 3.8) is 0 Å². The molecule has 1 heterocycles. The molecule has 9 heteroatoms. The number of methoxy groups -OCH3 is 1. The Morgan fingerprint density at radius 3 is 1.88 bits per heavy atom. The number of amides is 2. The van der Waals surface area contributed by atoms with Gasteiger partial charge < -0.3 is 19.3 Å². The lowest BCUT2D eigenvalue weighted by molar-refractivity contribution is -0.170. The molecular weight excluding hydrogens is 332 g/mol. The van der Waals surface area contributed by atoms with Crippen LogP contribution in [0.25, 0.3) is 0 Å². The molecule has 0 radical (unpaired) electrons. The highest BCUT2D eigenvalue weighted by molar-refractivity contribution is 5.84. The molecule has 144 valence electrons. The van der Waals surface area contributed by atoms with Gasteiger partial charge in [-0.25, -0.2) is 19.4 Å². The number of hydrogen-bond acceptors (Lipinski definition) is 7. The lowest BCUT2D eigenvalue weighted by Gasteiger charge is -2.44. The highest BCUT2D eigenvalue weighted by Crippen LogP contribution is 2.25. The van der Waals surface area contributed by atoms with Gasteiger partial charge in [0, 0.05) is 6.54 Å². The Hall–Kier alpha value is -2.03. The number of carbonyl (C=O) groups is 3. The third-order valence-corrected chi connectivity index (χ3v) is 3.15. The molecule has 1 N–H and O–H groups in total. The van der Waals surface area contributed by atoms with Gasteiger partial charge in [0.1, 0.15) is 11.2 Å². The predicted octanol–water partition coefficient (Wildman–Crippen LogP) is 1.68. The van der Waals surface area contributed by atoms with Crippen LogP contribution >= 0.6 is 0 Å². The Morgan fingerprint density at radius 2 is 1.44 bits per heavy atom. The summed E-state index contributed by atoms with van der Waals surface area (Å²) in [5.41, 5.74) is -1.66. The molecule has 1 aliphatic heterocycles. The normalized spacial score (nSPS) is 21.6. The standard InChI is InChI=1S/C16H28N2O7/c1-15(2,3)24-13(21)17-9-8-10(19)11(12(20)23-7)18(17)14(22)25-16(4,5)6/h10-11,19H,8-9H2,1-7H3. The number of hydrazine groups is 1. The molecule has 25 heavy (non-hydrogen) atoms. The summed E-state index contributed by atoms with van der Waals surface area (Å²) < 4.78 is 15.2. The second kappa shape index (κ2) is 7.47. The van der Waals surface area contributed by atoms with Crippen molar-refractivity contribution in [1.29, 1.82) is 0 Å². The predicted molar refractivity (Wildman–Crippen MR) is 87.4 cm³/mol. The summed E-state index contributed by atoms with van der Waals surface area (Å²) >= 11 is 0. The molecule has 1 fully saturated rings. The number of aliphatic hydroxyl groups is 1. The zero-order valence-electron chi connectivity index (χ0n) is 15.9. The van der Waals surface area contributed by atoms with Crippen LogP contribution in [0.5, 0.6) is 0 Å². The zero-order chi connectivity index (χ0) is 19.6. The number of rotatable bonds is 1. The number of hydrogen-bond donors (Lipinski definition) is 1. The van der Waals surface area contributed by atoms with Crippen LogP contribution in [0.1, 0.15) is 48.0 Å². The summed E-state index contributed by atoms with van der Waals surface area (Å²) in [4.78, 5) is 37.2. The Kier molecular flexibility index (Phi) is 6.28. The third-order valence-electron chi connectivity index (χ3n) is 3.15. The van der Waals surface area contributed by atoms with Gasteiger partial charge in [0.2, 0.25) is 0 Å². The first-order chi connectivity index (χ1) is 11.3. The van der Waals surface area contributed by atoms with Gasteiger partial charge in [0.15, 0.2) is 6.04 Å². The van der Waals surface area contributed by atoms with E-state index in [0.717, 1.165) is 17.1 Å². The van der Waals surface area contributed by atoms with Gasteiger partial charge >= 0.3 is 18.2 Å². The van der Waals surface area contributed by atoms with Gasteiger partial charge in [0.05, 0.1) is 13.2 Å². The molecule has 1 saturated heterocycles. The fraction of sp³-hybridized carbons (Fsp3) is 0.812. The maximum Gasteiger partial charge on any atom is 0.430 e.